The molecule has 0 radical (unpaired) electrons. The molecule has 0 saturated carbocycles. The Kier molecular flexibility index (Phi) is 16.3. The number of benzene rings is 2. The average Bonchev–Trinajstić information content (AvgIpc) is 3.74. The molecule has 0 aliphatic carbocycles. The van der Waals surface area contributed by atoms with Crippen molar-refractivity contribution in [1.82, 2.24) is 18.6 Å². The van der Waals surface area contributed by atoms with Crippen LogP contribution >= 0.6 is 46.4 Å². The topological polar surface area (TPSA) is 181 Å². The van der Waals surface area contributed by atoms with Crippen molar-refractivity contribution in [3.05, 3.63) is 116 Å². The average molecular weight is 910 g/mol. The van der Waals surface area contributed by atoms with Gasteiger partial charge in [-0.3, -0.25) is 9.59 Å². The zero-order chi connectivity index (χ0) is 42.2. The number of carboxylic acid groups (broad SMARTS) is 1. The molecule has 308 valence electrons. The maximum absolute atomic E-state index is 13.2. The molecule has 2 fully saturated rings. The summed E-state index contributed by atoms with van der Waals surface area (Å²) in [7, 11) is -7.81. The molecule has 0 amide bonds. The Morgan fingerprint density at radius 1 is 0.684 bits per heavy atom. The number of rotatable bonds is 10. The first-order valence-corrected chi connectivity index (χ1v) is 21.8. The molecular weight excluding hydrogens is 870 g/mol. The predicted molar refractivity (Wildman–Crippen MR) is 213 cm³/mol. The minimum Gasteiger partial charge on any atom is -0.480 e. The molecule has 12 nitrogen and oxygen atoms in total. The van der Waals surface area contributed by atoms with Gasteiger partial charge < -0.3 is 10.8 Å². The standard InChI is InChI=1S/C19H19Cl2FN2O3S.C12H14FNO4S.C6H6Cl2N2/c1-12-2-8-16(17(25)9-3-13-10-18(20)23-19(21)11-13)24(12)28(26,27)15-6-4-14(22)5-7-15;1-8-2-7-11(12(15)16)14(8)19(17,18)10-5-3-9(13)4-6-10;7-5-1-4(3-9)2-6(8)10-5/h4-7,10-12,16H,2-3,8-9H2,1H3;3-6,8,11H,2,7H2,1H3,(H,15,16);1-2H,3,9H2/t12-,16-;8-,11-;/m00./s1. The lowest BCUT2D eigenvalue weighted by Crippen LogP contribution is -2.44. The highest BCUT2D eigenvalue weighted by molar-refractivity contribution is 7.89. The van der Waals surface area contributed by atoms with Crippen LogP contribution in [-0.2, 0) is 42.6 Å². The van der Waals surface area contributed by atoms with Crippen molar-refractivity contribution in [2.24, 2.45) is 5.73 Å². The van der Waals surface area contributed by atoms with Crippen molar-refractivity contribution in [3.8, 4) is 0 Å². The molecule has 2 saturated heterocycles. The lowest BCUT2D eigenvalue weighted by molar-refractivity contribution is -0.140. The quantitative estimate of drug-likeness (QED) is 0.151. The van der Waals surface area contributed by atoms with Crippen molar-refractivity contribution in [1.29, 1.82) is 0 Å². The van der Waals surface area contributed by atoms with Crippen molar-refractivity contribution in [2.45, 2.75) is 92.9 Å². The lowest BCUT2D eigenvalue weighted by atomic mass is 10.0. The fraction of sp³-hybridized carbons (Fsp3) is 0.351. The second-order valence-corrected chi connectivity index (χ2v) is 18.4. The number of hydrogen-bond acceptors (Lipinski definition) is 9. The molecule has 0 bridgehead atoms. The van der Waals surface area contributed by atoms with Crippen LogP contribution in [0.25, 0.3) is 0 Å². The molecule has 20 heteroatoms. The number of aromatic nitrogens is 2. The maximum atomic E-state index is 13.2. The summed E-state index contributed by atoms with van der Waals surface area (Å²) in [6.07, 6.45) is 2.37. The van der Waals surface area contributed by atoms with Gasteiger partial charge in [-0.1, -0.05) is 46.4 Å². The Morgan fingerprint density at radius 3 is 1.44 bits per heavy atom. The van der Waals surface area contributed by atoms with Gasteiger partial charge in [-0.2, -0.15) is 8.61 Å². The number of hydrogen-bond donors (Lipinski definition) is 2. The highest BCUT2D eigenvalue weighted by atomic mass is 35.5. The molecule has 6 rings (SSSR count). The van der Waals surface area contributed by atoms with Gasteiger partial charge in [0.2, 0.25) is 20.0 Å². The summed E-state index contributed by atoms with van der Waals surface area (Å²) >= 11 is 22.9. The Hall–Kier alpha value is -3.32. The van der Waals surface area contributed by atoms with Gasteiger partial charge >= 0.3 is 5.97 Å². The first kappa shape index (κ1) is 46.4. The van der Waals surface area contributed by atoms with E-state index in [1.807, 2.05) is 0 Å². The molecule has 2 aromatic carbocycles. The van der Waals surface area contributed by atoms with Gasteiger partial charge in [-0.15, -0.1) is 0 Å². The molecule has 4 heterocycles. The van der Waals surface area contributed by atoms with Gasteiger partial charge in [0.15, 0.2) is 5.78 Å². The third kappa shape index (κ3) is 12.1. The Balaban J connectivity index is 0.000000213. The van der Waals surface area contributed by atoms with Gasteiger partial charge in [-0.25, -0.2) is 35.6 Å². The zero-order valence-corrected chi connectivity index (χ0v) is 35.2. The first-order valence-electron chi connectivity index (χ1n) is 17.4. The fourth-order valence-corrected chi connectivity index (χ4v) is 11.2. The van der Waals surface area contributed by atoms with E-state index in [2.05, 4.69) is 9.97 Å². The van der Waals surface area contributed by atoms with Crippen LogP contribution in [0.1, 0.15) is 57.1 Å². The Morgan fingerprint density at radius 2 is 1.05 bits per heavy atom. The van der Waals surface area contributed by atoms with Crippen LogP contribution in [0.5, 0.6) is 0 Å². The number of halogens is 6. The van der Waals surface area contributed by atoms with Gasteiger partial charge in [0, 0.05) is 25.0 Å². The smallest absolute Gasteiger partial charge is 0.322 e. The molecule has 4 aromatic rings. The third-order valence-electron chi connectivity index (χ3n) is 9.17. The summed E-state index contributed by atoms with van der Waals surface area (Å²) in [6, 6.07) is 13.2. The number of sulfonamides is 2. The number of ketones is 1. The molecule has 0 spiro atoms. The summed E-state index contributed by atoms with van der Waals surface area (Å²) < 4.78 is 79.2. The van der Waals surface area contributed by atoms with E-state index in [4.69, 9.17) is 57.2 Å². The second kappa shape index (κ2) is 20.1. The molecule has 3 N–H and O–H groups in total. The minimum atomic E-state index is -3.91. The van der Waals surface area contributed by atoms with Crippen molar-refractivity contribution in [3.63, 3.8) is 0 Å². The summed E-state index contributed by atoms with van der Waals surface area (Å²) in [4.78, 5) is 31.5. The molecule has 2 aliphatic heterocycles. The van der Waals surface area contributed by atoms with E-state index in [1.165, 1.54) is 16.4 Å². The summed E-state index contributed by atoms with van der Waals surface area (Å²) in [5.41, 5.74) is 7.00. The van der Waals surface area contributed by atoms with Crippen LogP contribution in [-0.4, -0.2) is 76.4 Å². The maximum Gasteiger partial charge on any atom is 0.322 e. The molecule has 0 unspecified atom stereocenters. The first-order chi connectivity index (χ1) is 26.7. The predicted octanol–water partition coefficient (Wildman–Crippen LogP) is 7.57. The third-order valence-corrected chi connectivity index (χ3v) is 14.0. The number of Topliss-reactive ketones (excluding diaryl/α,β-unsaturated/α-hetero) is 1. The van der Waals surface area contributed by atoms with E-state index in [1.54, 1.807) is 38.1 Å². The molecule has 2 aliphatic rings. The Bertz CT molecular complexity index is 2240. The minimum absolute atomic E-state index is 0.0202. The summed E-state index contributed by atoms with van der Waals surface area (Å²) in [6.45, 7) is 3.88. The van der Waals surface area contributed by atoms with E-state index >= 15 is 0 Å². The molecule has 2 aromatic heterocycles. The van der Waals surface area contributed by atoms with Crippen LogP contribution in [0.3, 0.4) is 0 Å². The number of aryl methyl sites for hydroxylation is 1. The van der Waals surface area contributed by atoms with E-state index in [0.29, 0.717) is 42.5 Å². The van der Waals surface area contributed by atoms with Crippen LogP contribution in [0.15, 0.2) is 82.6 Å². The highest BCUT2D eigenvalue weighted by Crippen LogP contribution is 2.33. The number of nitrogens with zero attached hydrogens (tertiary/aromatic N) is 4. The van der Waals surface area contributed by atoms with E-state index < -0.39 is 49.7 Å². The molecular formula is C37H39Cl4F2N5O7S2. The second-order valence-electron chi connectivity index (χ2n) is 13.2. The number of carbonyl (C=O) groups excluding carboxylic acids is 1. The number of carboxylic acids is 1. The van der Waals surface area contributed by atoms with Gasteiger partial charge in [0.25, 0.3) is 0 Å². The summed E-state index contributed by atoms with van der Waals surface area (Å²) in [5, 5.41) is 10.3. The summed E-state index contributed by atoms with van der Waals surface area (Å²) in [5.74, 6) is -2.38. The van der Waals surface area contributed by atoms with Crippen LogP contribution in [0.2, 0.25) is 20.6 Å². The number of pyridine rings is 2. The normalized spacial score (nSPS) is 19.9. The van der Waals surface area contributed by atoms with Gasteiger partial charge in [0.05, 0.1) is 15.8 Å². The van der Waals surface area contributed by atoms with E-state index in [9.17, 15) is 35.2 Å². The van der Waals surface area contributed by atoms with Gasteiger partial charge in [0.1, 0.15) is 38.3 Å². The highest BCUT2D eigenvalue weighted by Gasteiger charge is 2.44. The van der Waals surface area contributed by atoms with E-state index in [0.717, 1.165) is 51.8 Å². The SMILES string of the molecule is C[C@H]1CC[C@@H](C(=O)CCc2cc(Cl)nc(Cl)c2)N1S(=O)(=O)c1ccc(F)cc1.C[C@H]1CC[C@@H](C(=O)O)N1S(=O)(=O)c1ccc(F)cc1.NCc1cc(Cl)nc(Cl)c1. The van der Waals surface area contributed by atoms with Crippen LogP contribution in [0, 0.1) is 11.6 Å². The molecule has 4 atom stereocenters. The zero-order valence-electron chi connectivity index (χ0n) is 30.5. The van der Waals surface area contributed by atoms with Gasteiger partial charge in [-0.05, 0) is 130 Å². The number of nitrogens with two attached hydrogens (primary N) is 1. The monoisotopic (exact) mass is 907 g/mol. The van der Waals surface area contributed by atoms with E-state index in [-0.39, 0.29) is 50.8 Å². The Labute approximate surface area is 350 Å². The van der Waals surface area contributed by atoms with Crippen molar-refractivity contribution in [2.75, 3.05) is 0 Å². The fourth-order valence-electron chi connectivity index (χ4n) is 6.45. The van der Waals surface area contributed by atoms with Crippen LogP contribution in [0.4, 0.5) is 8.78 Å². The van der Waals surface area contributed by atoms with Crippen LogP contribution < -0.4 is 5.73 Å². The number of aliphatic carboxylic acids is 1. The largest absolute Gasteiger partial charge is 0.480 e. The lowest BCUT2D eigenvalue weighted by Gasteiger charge is -2.27. The van der Waals surface area contributed by atoms with Crippen molar-refractivity contribution >= 4 is 78.2 Å². The van der Waals surface area contributed by atoms with Crippen molar-refractivity contribution < 1.29 is 40.3 Å². The number of carbonyl (C=O) groups is 2. The molecule has 57 heavy (non-hydrogen) atoms.